The van der Waals surface area contributed by atoms with Crippen LogP contribution in [0, 0.1) is 13.8 Å². The summed E-state index contributed by atoms with van der Waals surface area (Å²) in [4.78, 5) is 6.75. The lowest BCUT2D eigenvalue weighted by molar-refractivity contribution is 0.439. The van der Waals surface area contributed by atoms with E-state index in [9.17, 15) is 0 Å². The van der Waals surface area contributed by atoms with Gasteiger partial charge in [-0.25, -0.2) is 0 Å². The lowest BCUT2D eigenvalue weighted by atomic mass is 10.0. The zero-order valence-corrected chi connectivity index (χ0v) is 18.3. The molecule has 1 N–H and O–H groups in total. The van der Waals surface area contributed by atoms with Crippen LogP contribution in [0.25, 0.3) is 11.3 Å². The molecule has 1 saturated heterocycles. The Kier molecular flexibility index (Phi) is 5.04. The fourth-order valence-electron chi connectivity index (χ4n) is 4.07. The highest BCUT2D eigenvalue weighted by Gasteiger charge is 2.42. The first-order chi connectivity index (χ1) is 15.1. The Balaban J connectivity index is 1.61. The molecule has 2 aromatic heterocycles. The van der Waals surface area contributed by atoms with E-state index in [0.29, 0.717) is 5.11 Å². The van der Waals surface area contributed by atoms with Crippen LogP contribution in [0.3, 0.4) is 0 Å². The highest BCUT2D eigenvalue weighted by molar-refractivity contribution is 7.80. The Morgan fingerprint density at radius 3 is 2.45 bits per heavy atom. The molecule has 0 saturated carbocycles. The number of aryl methyl sites for hydroxylation is 2. The number of rotatable bonds is 4. The Hall–Kier alpha value is -3.44. The molecule has 5 heteroatoms. The maximum Gasteiger partial charge on any atom is 0.174 e. The number of thiocarbonyl (C=S) groups is 1. The van der Waals surface area contributed by atoms with Crippen molar-refractivity contribution >= 4 is 23.0 Å². The van der Waals surface area contributed by atoms with Gasteiger partial charge in [0.05, 0.1) is 11.7 Å². The predicted octanol–water partition coefficient (Wildman–Crippen LogP) is 6.14. The summed E-state index contributed by atoms with van der Waals surface area (Å²) in [7, 11) is 0. The van der Waals surface area contributed by atoms with Crippen LogP contribution in [0.4, 0.5) is 5.69 Å². The molecule has 0 aliphatic carbocycles. The van der Waals surface area contributed by atoms with Crippen LogP contribution in [-0.2, 0) is 0 Å². The molecule has 154 valence electrons. The van der Waals surface area contributed by atoms with Crippen molar-refractivity contribution < 1.29 is 4.42 Å². The summed E-state index contributed by atoms with van der Waals surface area (Å²) in [5.41, 5.74) is 5.50. The molecule has 5 rings (SSSR count). The summed E-state index contributed by atoms with van der Waals surface area (Å²) in [6.45, 7) is 4.24. The van der Waals surface area contributed by atoms with Crippen molar-refractivity contribution in [3.63, 3.8) is 0 Å². The van der Waals surface area contributed by atoms with Gasteiger partial charge in [0, 0.05) is 17.4 Å². The van der Waals surface area contributed by atoms with E-state index in [1.54, 1.807) is 0 Å². The van der Waals surface area contributed by atoms with E-state index >= 15 is 0 Å². The average Bonchev–Trinajstić information content (AvgIpc) is 3.41. The number of nitrogens with zero attached hydrogens (tertiary/aromatic N) is 2. The molecule has 31 heavy (non-hydrogen) atoms. The number of nitrogens with one attached hydrogen (secondary N) is 1. The minimum absolute atomic E-state index is 0.120. The first kappa shape index (κ1) is 19.5. The average molecular weight is 426 g/mol. The Bertz CT molecular complexity index is 1220. The molecule has 1 aliphatic rings. The molecule has 1 fully saturated rings. The fourth-order valence-corrected chi connectivity index (χ4v) is 4.41. The number of aromatic nitrogens is 1. The quantitative estimate of drug-likeness (QED) is 0.398. The molecule has 2 aromatic carbocycles. The largest absolute Gasteiger partial charge is 0.459 e. The van der Waals surface area contributed by atoms with Crippen molar-refractivity contribution in [2.75, 3.05) is 4.90 Å². The second-order valence-electron chi connectivity index (χ2n) is 7.83. The number of benzene rings is 2. The third kappa shape index (κ3) is 3.62. The summed E-state index contributed by atoms with van der Waals surface area (Å²) in [6, 6.07) is 26.3. The van der Waals surface area contributed by atoms with Crippen LogP contribution >= 0.6 is 12.2 Å². The topological polar surface area (TPSA) is 41.3 Å². The monoisotopic (exact) mass is 425 g/mol. The van der Waals surface area contributed by atoms with Crippen molar-refractivity contribution in [3.8, 4) is 11.3 Å². The summed E-state index contributed by atoms with van der Waals surface area (Å²) in [5, 5.41) is 4.15. The number of anilines is 1. The maximum absolute atomic E-state index is 6.39. The Morgan fingerprint density at radius 1 is 0.903 bits per heavy atom. The minimum Gasteiger partial charge on any atom is -0.459 e. The van der Waals surface area contributed by atoms with Crippen LogP contribution < -0.4 is 10.2 Å². The smallest absolute Gasteiger partial charge is 0.174 e. The number of hydrogen-bond acceptors (Lipinski definition) is 3. The first-order valence-corrected chi connectivity index (χ1v) is 10.8. The van der Waals surface area contributed by atoms with E-state index in [4.69, 9.17) is 16.6 Å². The van der Waals surface area contributed by atoms with Gasteiger partial charge in [0.2, 0.25) is 0 Å². The highest BCUT2D eigenvalue weighted by Crippen LogP contribution is 2.43. The van der Waals surface area contributed by atoms with E-state index in [1.165, 1.54) is 11.1 Å². The van der Waals surface area contributed by atoms with Crippen LogP contribution in [0.5, 0.6) is 0 Å². The summed E-state index contributed by atoms with van der Waals surface area (Å²) < 4.78 is 6.39. The Labute approximate surface area is 187 Å². The summed E-state index contributed by atoms with van der Waals surface area (Å²) in [5.74, 6) is 1.69. The molecule has 1 aliphatic heterocycles. The van der Waals surface area contributed by atoms with E-state index in [1.807, 2.05) is 54.7 Å². The number of pyridine rings is 1. The second kappa shape index (κ2) is 8.00. The van der Waals surface area contributed by atoms with Crippen molar-refractivity contribution in [2.45, 2.75) is 25.9 Å². The number of furan rings is 1. The third-order valence-electron chi connectivity index (χ3n) is 5.84. The second-order valence-corrected chi connectivity index (χ2v) is 8.22. The molecule has 0 bridgehead atoms. The molecular weight excluding hydrogens is 402 g/mol. The predicted molar refractivity (Wildman–Crippen MR) is 128 cm³/mol. The van der Waals surface area contributed by atoms with Gasteiger partial charge in [-0.2, -0.15) is 0 Å². The zero-order valence-electron chi connectivity index (χ0n) is 17.4. The molecule has 0 spiro atoms. The van der Waals surface area contributed by atoms with Gasteiger partial charge in [0.15, 0.2) is 5.11 Å². The maximum atomic E-state index is 6.39. The molecule has 0 unspecified atom stereocenters. The standard InChI is InChI=1S/C26H23N3OS/c1-17-11-12-20(16-18(17)2)29-25(24(28-26(29)31)21-10-6-7-15-27-21)23-14-13-22(30-23)19-8-4-3-5-9-19/h3-16,24-25H,1-2H3,(H,28,31)/t24-,25+/m0/s1. The lowest BCUT2D eigenvalue weighted by Gasteiger charge is -2.26. The zero-order chi connectivity index (χ0) is 21.4. The molecule has 0 amide bonds. The molecular formula is C26H23N3OS. The number of hydrogen-bond donors (Lipinski definition) is 1. The normalized spacial score (nSPS) is 18.3. The lowest BCUT2D eigenvalue weighted by Crippen LogP contribution is -2.29. The van der Waals surface area contributed by atoms with Crippen molar-refractivity contribution in [3.05, 3.63) is 108 Å². The van der Waals surface area contributed by atoms with Gasteiger partial charge < -0.3 is 14.6 Å². The van der Waals surface area contributed by atoms with E-state index in [2.05, 4.69) is 59.4 Å². The van der Waals surface area contributed by atoms with Crippen LogP contribution in [-0.4, -0.2) is 10.1 Å². The highest BCUT2D eigenvalue weighted by atomic mass is 32.1. The SMILES string of the molecule is Cc1ccc(N2C(=S)N[C@@H](c3ccccn3)[C@H]2c2ccc(-c3ccccc3)o2)cc1C. The van der Waals surface area contributed by atoms with E-state index in [-0.39, 0.29) is 12.1 Å². The van der Waals surface area contributed by atoms with Crippen molar-refractivity contribution in [2.24, 2.45) is 0 Å². The van der Waals surface area contributed by atoms with E-state index in [0.717, 1.165) is 28.5 Å². The van der Waals surface area contributed by atoms with E-state index < -0.39 is 0 Å². The third-order valence-corrected chi connectivity index (χ3v) is 6.16. The van der Waals surface area contributed by atoms with Gasteiger partial charge in [-0.1, -0.05) is 42.5 Å². The Morgan fingerprint density at radius 2 is 1.71 bits per heavy atom. The molecule has 0 radical (unpaired) electrons. The van der Waals surface area contributed by atoms with Gasteiger partial charge in [-0.05, 0) is 73.6 Å². The van der Waals surface area contributed by atoms with Crippen LogP contribution in [0.1, 0.15) is 34.7 Å². The summed E-state index contributed by atoms with van der Waals surface area (Å²) in [6.07, 6.45) is 1.81. The van der Waals surface area contributed by atoms with Gasteiger partial charge in [0.1, 0.15) is 17.6 Å². The minimum atomic E-state index is -0.151. The molecule has 3 heterocycles. The van der Waals surface area contributed by atoms with Gasteiger partial charge in [0.25, 0.3) is 0 Å². The molecule has 2 atom stereocenters. The van der Waals surface area contributed by atoms with Crippen molar-refractivity contribution in [1.29, 1.82) is 0 Å². The first-order valence-electron chi connectivity index (χ1n) is 10.3. The van der Waals surface area contributed by atoms with Gasteiger partial charge in [-0.15, -0.1) is 0 Å². The summed E-state index contributed by atoms with van der Waals surface area (Å²) >= 11 is 5.80. The van der Waals surface area contributed by atoms with Crippen LogP contribution in [0.15, 0.2) is 89.5 Å². The van der Waals surface area contributed by atoms with Crippen LogP contribution in [0.2, 0.25) is 0 Å². The molecule has 4 nitrogen and oxygen atoms in total. The fraction of sp³-hybridized carbons (Fsp3) is 0.154. The van der Waals surface area contributed by atoms with Gasteiger partial charge in [-0.3, -0.25) is 4.98 Å². The van der Waals surface area contributed by atoms with Gasteiger partial charge >= 0.3 is 0 Å². The molecule has 4 aromatic rings. The van der Waals surface area contributed by atoms with Crippen molar-refractivity contribution in [1.82, 2.24) is 10.3 Å².